The largest absolute Gasteiger partial charge is 0.309 e. The van der Waals surface area contributed by atoms with E-state index in [9.17, 15) is 4.79 Å². The van der Waals surface area contributed by atoms with Crippen LogP contribution in [0.15, 0.2) is 6.07 Å². The van der Waals surface area contributed by atoms with Crippen molar-refractivity contribution in [3.05, 3.63) is 11.8 Å². The normalized spacial score (nSPS) is 12.9. The highest BCUT2D eigenvalue weighted by atomic mass is 16.2. The van der Waals surface area contributed by atoms with Gasteiger partial charge in [-0.15, -0.1) is 0 Å². The van der Waals surface area contributed by atoms with Crippen LogP contribution in [0.2, 0.25) is 0 Å². The Kier molecular flexibility index (Phi) is 4.06. The van der Waals surface area contributed by atoms with E-state index in [2.05, 4.69) is 15.7 Å². The number of carbonyl (C=O) groups is 1. The van der Waals surface area contributed by atoms with Crippen molar-refractivity contribution in [2.24, 2.45) is 13.0 Å². The summed E-state index contributed by atoms with van der Waals surface area (Å²) in [5.74, 6) is 0.802. The Morgan fingerprint density at radius 2 is 2.12 bits per heavy atom. The Labute approximate surface area is 96.2 Å². The molecule has 5 nitrogen and oxygen atoms in total. The van der Waals surface area contributed by atoms with Gasteiger partial charge in [-0.05, 0) is 19.9 Å². The molecule has 0 fully saturated rings. The summed E-state index contributed by atoms with van der Waals surface area (Å²) in [6.07, 6.45) is 0. The summed E-state index contributed by atoms with van der Waals surface area (Å²) in [5, 5.41) is 9.98. The molecule has 1 unspecified atom stereocenters. The van der Waals surface area contributed by atoms with Gasteiger partial charge >= 0.3 is 0 Å². The van der Waals surface area contributed by atoms with Crippen LogP contribution in [0.3, 0.4) is 0 Å². The van der Waals surface area contributed by atoms with Crippen molar-refractivity contribution in [3.8, 4) is 0 Å². The van der Waals surface area contributed by atoms with Crippen molar-refractivity contribution in [1.82, 2.24) is 15.1 Å². The van der Waals surface area contributed by atoms with Gasteiger partial charge in [-0.2, -0.15) is 5.10 Å². The first-order valence-electron chi connectivity index (χ1n) is 5.44. The fourth-order valence-corrected chi connectivity index (χ4v) is 1.59. The van der Waals surface area contributed by atoms with Gasteiger partial charge < -0.3 is 10.6 Å². The molecule has 2 N–H and O–H groups in total. The van der Waals surface area contributed by atoms with E-state index in [1.807, 2.05) is 33.9 Å². The first kappa shape index (κ1) is 12.7. The van der Waals surface area contributed by atoms with Crippen LogP contribution < -0.4 is 10.6 Å². The number of likely N-dealkylation sites (N-methyl/N-ethyl adjacent to an activating group) is 1. The van der Waals surface area contributed by atoms with E-state index in [4.69, 9.17) is 0 Å². The molecule has 1 heterocycles. The number of nitrogens with one attached hydrogen (secondary N) is 2. The molecule has 0 aliphatic carbocycles. The Morgan fingerprint density at radius 3 is 2.50 bits per heavy atom. The predicted molar refractivity (Wildman–Crippen MR) is 64.3 cm³/mol. The molecule has 16 heavy (non-hydrogen) atoms. The maximum Gasteiger partial charge on any atom is 0.242 e. The van der Waals surface area contributed by atoms with Crippen LogP contribution in [0.4, 0.5) is 5.82 Å². The van der Waals surface area contributed by atoms with Crippen molar-refractivity contribution >= 4 is 11.7 Å². The molecule has 1 amide bonds. The summed E-state index contributed by atoms with van der Waals surface area (Å²) in [7, 11) is 3.64. The Bertz CT molecular complexity index is 351. The van der Waals surface area contributed by atoms with E-state index in [-0.39, 0.29) is 17.9 Å². The fraction of sp³-hybridized carbons (Fsp3) is 0.636. The number of carbonyl (C=O) groups excluding carboxylic acids is 1. The first-order chi connectivity index (χ1) is 7.45. The molecule has 0 bridgehead atoms. The lowest BCUT2D eigenvalue weighted by Gasteiger charge is -2.18. The van der Waals surface area contributed by atoms with E-state index in [1.165, 1.54) is 0 Å². The second-order valence-corrected chi connectivity index (χ2v) is 4.29. The number of hydrogen-bond donors (Lipinski definition) is 2. The number of rotatable bonds is 4. The van der Waals surface area contributed by atoms with E-state index < -0.39 is 0 Å². The van der Waals surface area contributed by atoms with Crippen LogP contribution in [-0.2, 0) is 11.8 Å². The topological polar surface area (TPSA) is 59.0 Å². The first-order valence-corrected chi connectivity index (χ1v) is 5.44. The molecule has 1 rings (SSSR count). The number of hydrogen-bond acceptors (Lipinski definition) is 3. The second kappa shape index (κ2) is 5.12. The smallest absolute Gasteiger partial charge is 0.242 e. The van der Waals surface area contributed by atoms with Crippen molar-refractivity contribution in [3.63, 3.8) is 0 Å². The molecule has 1 aromatic rings. The van der Waals surface area contributed by atoms with Crippen LogP contribution in [-0.4, -0.2) is 28.8 Å². The third kappa shape index (κ3) is 2.82. The van der Waals surface area contributed by atoms with Gasteiger partial charge in [-0.3, -0.25) is 9.48 Å². The van der Waals surface area contributed by atoms with E-state index in [0.29, 0.717) is 5.82 Å². The van der Waals surface area contributed by atoms with E-state index >= 15 is 0 Å². The summed E-state index contributed by atoms with van der Waals surface area (Å²) in [4.78, 5) is 11.9. The molecule has 0 spiro atoms. The highest BCUT2D eigenvalue weighted by Crippen LogP contribution is 2.09. The minimum Gasteiger partial charge on any atom is -0.309 e. The monoisotopic (exact) mass is 224 g/mol. The molecule has 90 valence electrons. The zero-order valence-electron chi connectivity index (χ0n) is 10.5. The lowest BCUT2D eigenvalue weighted by atomic mass is 10.0. The van der Waals surface area contributed by atoms with E-state index in [0.717, 1.165) is 5.69 Å². The quantitative estimate of drug-likeness (QED) is 0.799. The summed E-state index contributed by atoms with van der Waals surface area (Å²) in [6.45, 7) is 5.95. The molecular weight excluding hydrogens is 204 g/mol. The maximum absolute atomic E-state index is 11.9. The number of aryl methyl sites for hydroxylation is 2. The summed E-state index contributed by atoms with van der Waals surface area (Å²) in [5.41, 5.74) is 1.01. The van der Waals surface area contributed by atoms with Crippen molar-refractivity contribution in [2.75, 3.05) is 12.4 Å². The Hall–Kier alpha value is -1.36. The maximum atomic E-state index is 11.9. The zero-order chi connectivity index (χ0) is 12.3. The summed E-state index contributed by atoms with van der Waals surface area (Å²) < 4.78 is 1.74. The number of amides is 1. The molecule has 0 aliphatic rings. The molecule has 0 saturated carbocycles. The summed E-state index contributed by atoms with van der Waals surface area (Å²) in [6, 6.07) is 1.66. The van der Waals surface area contributed by atoms with Crippen molar-refractivity contribution in [2.45, 2.75) is 26.8 Å². The van der Waals surface area contributed by atoms with Crippen LogP contribution in [0.1, 0.15) is 19.5 Å². The third-order valence-corrected chi connectivity index (χ3v) is 2.63. The number of anilines is 1. The van der Waals surface area contributed by atoms with Crippen molar-refractivity contribution < 1.29 is 4.79 Å². The summed E-state index contributed by atoms with van der Waals surface area (Å²) >= 11 is 0. The average molecular weight is 224 g/mol. The fourth-order valence-electron chi connectivity index (χ4n) is 1.59. The second-order valence-electron chi connectivity index (χ2n) is 4.29. The van der Waals surface area contributed by atoms with Gasteiger partial charge in [0.05, 0.1) is 6.04 Å². The van der Waals surface area contributed by atoms with Crippen LogP contribution in [0.25, 0.3) is 0 Å². The van der Waals surface area contributed by atoms with Gasteiger partial charge in [0.25, 0.3) is 0 Å². The van der Waals surface area contributed by atoms with Gasteiger partial charge in [-0.25, -0.2) is 0 Å². The molecule has 0 radical (unpaired) electrons. The minimum absolute atomic E-state index is 0.0457. The van der Waals surface area contributed by atoms with Crippen LogP contribution in [0.5, 0.6) is 0 Å². The number of nitrogens with zero attached hydrogens (tertiary/aromatic N) is 2. The van der Waals surface area contributed by atoms with Gasteiger partial charge in [0.1, 0.15) is 0 Å². The lowest BCUT2D eigenvalue weighted by molar-refractivity contribution is -0.119. The Balaban J connectivity index is 2.70. The molecule has 1 aromatic heterocycles. The minimum atomic E-state index is -0.192. The molecular formula is C11H20N4O. The van der Waals surface area contributed by atoms with E-state index in [1.54, 1.807) is 11.7 Å². The predicted octanol–water partition coefficient (Wildman–Crippen LogP) is 0.911. The van der Waals surface area contributed by atoms with Crippen molar-refractivity contribution in [1.29, 1.82) is 0 Å². The van der Waals surface area contributed by atoms with Crippen LogP contribution >= 0.6 is 0 Å². The average Bonchev–Trinajstić information content (AvgIpc) is 2.45. The highest BCUT2D eigenvalue weighted by molar-refractivity contribution is 5.94. The zero-order valence-corrected chi connectivity index (χ0v) is 10.5. The van der Waals surface area contributed by atoms with Gasteiger partial charge in [-0.1, -0.05) is 13.8 Å². The van der Waals surface area contributed by atoms with Crippen LogP contribution in [0, 0.1) is 12.8 Å². The molecule has 0 saturated heterocycles. The van der Waals surface area contributed by atoms with Gasteiger partial charge in [0, 0.05) is 18.8 Å². The standard InChI is InChI=1S/C11H20N4O/c1-7(2)10(12-4)11(16)13-9-6-8(3)15(5)14-9/h6-7,10,12H,1-5H3,(H,13,14,16). The number of aromatic nitrogens is 2. The van der Waals surface area contributed by atoms with Gasteiger partial charge in [0.2, 0.25) is 5.91 Å². The molecule has 0 aromatic carbocycles. The SMILES string of the molecule is CNC(C(=O)Nc1cc(C)n(C)n1)C(C)C. The lowest BCUT2D eigenvalue weighted by Crippen LogP contribution is -2.42. The third-order valence-electron chi connectivity index (χ3n) is 2.63. The Morgan fingerprint density at radius 1 is 1.50 bits per heavy atom. The molecule has 0 aliphatic heterocycles. The van der Waals surface area contributed by atoms with Gasteiger partial charge in [0.15, 0.2) is 5.82 Å². The molecule has 1 atom stereocenters. The molecule has 5 heteroatoms. The highest BCUT2D eigenvalue weighted by Gasteiger charge is 2.20.